The van der Waals surface area contributed by atoms with E-state index in [4.69, 9.17) is 9.15 Å². The number of hydrogen-bond donors (Lipinski definition) is 5. The monoisotopic (exact) mass is 463 g/mol. The summed E-state index contributed by atoms with van der Waals surface area (Å²) in [5.74, 6) is 0. The van der Waals surface area contributed by atoms with Crippen LogP contribution in [0.3, 0.4) is 0 Å². The number of hydrogen-bond acceptors (Lipinski definition) is 8. The van der Waals surface area contributed by atoms with Crippen LogP contribution in [0.15, 0.2) is 33.5 Å². The molecule has 1 saturated heterocycles. The first-order chi connectivity index (χ1) is 11.9. The predicted molar refractivity (Wildman–Crippen MR) is 97.5 cm³/mol. The largest absolute Gasteiger partial charge is 0.422 e. The third-order valence-corrected chi connectivity index (χ3v) is 4.99. The molecule has 5 N–H and O–H groups in total. The highest BCUT2D eigenvalue weighted by molar-refractivity contribution is 14.1. The normalized spacial score (nSPS) is 29.7. The fraction of sp³-hybridized carbons (Fsp3) is 0.438. The van der Waals surface area contributed by atoms with Crippen molar-refractivity contribution in [3.63, 3.8) is 0 Å². The number of ether oxygens (including phenoxy) is 1. The summed E-state index contributed by atoms with van der Waals surface area (Å²) in [5.41, 5.74) is 0.453. The number of rotatable bonds is 4. The first kappa shape index (κ1) is 18.5. The highest BCUT2D eigenvalue weighted by atomic mass is 127. The lowest BCUT2D eigenvalue weighted by Crippen LogP contribution is -2.62. The van der Waals surface area contributed by atoms with E-state index in [1.807, 2.05) is 22.6 Å². The molecular weight excluding hydrogens is 445 g/mol. The first-order valence-corrected chi connectivity index (χ1v) is 8.75. The van der Waals surface area contributed by atoms with Crippen molar-refractivity contribution in [1.82, 2.24) is 0 Å². The molecule has 136 valence electrons. The zero-order chi connectivity index (χ0) is 18.1. The molecule has 3 rings (SSSR count). The average Bonchev–Trinajstić information content (AvgIpc) is 2.60. The summed E-state index contributed by atoms with van der Waals surface area (Å²) in [7, 11) is 0. The summed E-state index contributed by atoms with van der Waals surface area (Å²) >= 11 is 1.90. The maximum Gasteiger partial charge on any atom is 0.349 e. The molecular formula is C16H18INO7. The number of aliphatic hydroxyl groups excluding tert-OH is 4. The Morgan fingerprint density at radius 3 is 2.48 bits per heavy atom. The van der Waals surface area contributed by atoms with E-state index in [2.05, 4.69) is 5.32 Å². The maximum atomic E-state index is 11.7. The Balaban J connectivity index is 1.88. The SMILES string of the molecule is O=c1oc2cc(NC3C(O)[C@H](O)C(CO)O[C@H]3CO)ccc2cc1I. The van der Waals surface area contributed by atoms with E-state index in [1.54, 1.807) is 24.3 Å². The van der Waals surface area contributed by atoms with E-state index >= 15 is 0 Å². The van der Waals surface area contributed by atoms with Crippen molar-refractivity contribution < 1.29 is 29.6 Å². The van der Waals surface area contributed by atoms with Crippen LogP contribution >= 0.6 is 22.6 Å². The Labute approximate surface area is 156 Å². The van der Waals surface area contributed by atoms with Crippen molar-refractivity contribution in [2.24, 2.45) is 0 Å². The van der Waals surface area contributed by atoms with Crippen LogP contribution in [0.4, 0.5) is 5.69 Å². The minimum atomic E-state index is -1.30. The van der Waals surface area contributed by atoms with Gasteiger partial charge in [0, 0.05) is 17.1 Å². The van der Waals surface area contributed by atoms with E-state index in [-0.39, 0.29) is 0 Å². The molecule has 0 spiro atoms. The molecule has 2 aromatic rings. The highest BCUT2D eigenvalue weighted by Crippen LogP contribution is 2.26. The number of aliphatic hydroxyl groups is 4. The summed E-state index contributed by atoms with van der Waals surface area (Å²) in [6.45, 7) is -0.875. The molecule has 1 fully saturated rings. The van der Waals surface area contributed by atoms with Crippen LogP contribution in [-0.2, 0) is 4.74 Å². The van der Waals surface area contributed by atoms with Gasteiger partial charge < -0.3 is 34.9 Å². The second kappa shape index (κ2) is 7.56. The van der Waals surface area contributed by atoms with Crippen LogP contribution in [0.2, 0.25) is 0 Å². The summed E-state index contributed by atoms with van der Waals surface area (Å²) in [4.78, 5) is 11.7. The van der Waals surface area contributed by atoms with Gasteiger partial charge in [0.05, 0.1) is 22.8 Å². The van der Waals surface area contributed by atoms with Crippen molar-refractivity contribution >= 4 is 39.2 Å². The minimum Gasteiger partial charge on any atom is -0.422 e. The summed E-state index contributed by atoms with van der Waals surface area (Å²) in [6.07, 6.45) is -4.36. The van der Waals surface area contributed by atoms with E-state index in [1.165, 1.54) is 0 Å². The molecule has 1 aliphatic heterocycles. The van der Waals surface area contributed by atoms with Crippen LogP contribution in [0.1, 0.15) is 0 Å². The Bertz CT molecular complexity index is 809. The number of nitrogens with one attached hydrogen (secondary N) is 1. The van der Waals surface area contributed by atoms with Gasteiger partial charge in [0.2, 0.25) is 0 Å². The van der Waals surface area contributed by atoms with Crippen LogP contribution in [0, 0.1) is 3.57 Å². The molecule has 9 heteroatoms. The standard InChI is InChI=1S/C16H18INO7/c17-9-3-7-1-2-8(4-10(7)25-16(9)23)18-13-11(5-19)24-12(6-20)14(21)15(13)22/h1-4,11-15,18-22H,5-6H2/t11-,12?,13?,14+,15?/m0/s1. The lowest BCUT2D eigenvalue weighted by Gasteiger charge is -2.42. The van der Waals surface area contributed by atoms with Crippen LogP contribution in [0.5, 0.6) is 0 Å². The Kier molecular flexibility index (Phi) is 5.61. The van der Waals surface area contributed by atoms with Gasteiger partial charge in [0.25, 0.3) is 0 Å². The topological polar surface area (TPSA) is 132 Å². The highest BCUT2D eigenvalue weighted by Gasteiger charge is 2.43. The number of halogens is 1. The van der Waals surface area contributed by atoms with Crippen molar-refractivity contribution in [2.75, 3.05) is 18.5 Å². The van der Waals surface area contributed by atoms with Crippen molar-refractivity contribution in [3.8, 4) is 0 Å². The van der Waals surface area contributed by atoms with Crippen LogP contribution < -0.4 is 10.9 Å². The third kappa shape index (κ3) is 3.66. The van der Waals surface area contributed by atoms with Gasteiger partial charge in [-0.25, -0.2) is 4.79 Å². The fourth-order valence-corrected chi connectivity index (χ4v) is 3.34. The Hall–Kier alpha value is -1.24. The maximum absolute atomic E-state index is 11.7. The molecule has 8 nitrogen and oxygen atoms in total. The minimum absolute atomic E-state index is 0.371. The second-order valence-corrected chi connectivity index (χ2v) is 7.03. The van der Waals surface area contributed by atoms with Gasteiger partial charge in [-0.3, -0.25) is 0 Å². The fourth-order valence-electron chi connectivity index (χ4n) is 2.90. The molecule has 0 saturated carbocycles. The van der Waals surface area contributed by atoms with Gasteiger partial charge in [-0.2, -0.15) is 0 Å². The van der Waals surface area contributed by atoms with E-state index in [0.717, 1.165) is 5.39 Å². The number of anilines is 1. The molecule has 25 heavy (non-hydrogen) atoms. The lowest BCUT2D eigenvalue weighted by molar-refractivity contribution is -0.192. The average molecular weight is 463 g/mol. The molecule has 1 aliphatic rings. The molecule has 0 radical (unpaired) electrons. The van der Waals surface area contributed by atoms with E-state index < -0.39 is 49.3 Å². The van der Waals surface area contributed by atoms with Crippen molar-refractivity contribution in [1.29, 1.82) is 0 Å². The van der Waals surface area contributed by atoms with Crippen molar-refractivity contribution in [3.05, 3.63) is 38.3 Å². The quantitative estimate of drug-likeness (QED) is 0.307. The Morgan fingerprint density at radius 2 is 1.80 bits per heavy atom. The van der Waals surface area contributed by atoms with Gasteiger partial charge in [-0.05, 0) is 40.8 Å². The molecule has 1 aromatic heterocycles. The zero-order valence-corrected chi connectivity index (χ0v) is 15.2. The van der Waals surface area contributed by atoms with Crippen LogP contribution in [-0.4, -0.2) is 64.1 Å². The zero-order valence-electron chi connectivity index (χ0n) is 13.0. The predicted octanol–water partition coefficient (Wildman–Crippen LogP) is -0.348. The second-order valence-electron chi connectivity index (χ2n) is 5.86. The third-order valence-electron chi connectivity index (χ3n) is 4.24. The van der Waals surface area contributed by atoms with Gasteiger partial charge in [0.1, 0.15) is 30.0 Å². The van der Waals surface area contributed by atoms with E-state index in [9.17, 15) is 25.2 Å². The molecule has 2 heterocycles. The van der Waals surface area contributed by atoms with Gasteiger partial charge in [-0.1, -0.05) is 0 Å². The number of fused-ring (bicyclic) bond motifs is 1. The summed E-state index contributed by atoms with van der Waals surface area (Å²) in [5, 5.41) is 42.8. The molecule has 0 bridgehead atoms. The molecule has 5 atom stereocenters. The van der Waals surface area contributed by atoms with Gasteiger partial charge in [-0.15, -0.1) is 0 Å². The van der Waals surface area contributed by atoms with Gasteiger partial charge in [0.15, 0.2) is 0 Å². The van der Waals surface area contributed by atoms with E-state index in [0.29, 0.717) is 14.8 Å². The molecule has 0 amide bonds. The molecule has 0 aliphatic carbocycles. The van der Waals surface area contributed by atoms with Crippen LogP contribution in [0.25, 0.3) is 11.0 Å². The number of benzene rings is 1. The molecule has 3 unspecified atom stereocenters. The summed E-state index contributed by atoms with van der Waals surface area (Å²) in [6, 6.07) is 5.97. The lowest BCUT2D eigenvalue weighted by atomic mass is 9.92. The smallest absolute Gasteiger partial charge is 0.349 e. The summed E-state index contributed by atoms with van der Waals surface area (Å²) < 4.78 is 11.1. The van der Waals surface area contributed by atoms with Gasteiger partial charge >= 0.3 is 5.63 Å². The first-order valence-electron chi connectivity index (χ1n) is 7.68. The van der Waals surface area contributed by atoms with Crippen molar-refractivity contribution in [2.45, 2.75) is 30.5 Å². The molecule has 1 aromatic carbocycles. The Morgan fingerprint density at radius 1 is 1.08 bits per heavy atom.